The predicted octanol–water partition coefficient (Wildman–Crippen LogP) is 4.42. The van der Waals surface area contributed by atoms with Gasteiger partial charge in [0, 0.05) is 0 Å². The molecule has 32 heavy (non-hydrogen) atoms. The van der Waals surface area contributed by atoms with Crippen molar-refractivity contribution in [3.05, 3.63) is 96.1 Å². The van der Waals surface area contributed by atoms with Crippen LogP contribution in [0.2, 0.25) is 0 Å². The number of nitrogens with zero attached hydrogens (tertiary/aromatic N) is 3. The van der Waals surface area contributed by atoms with E-state index in [2.05, 4.69) is 45.0 Å². The van der Waals surface area contributed by atoms with Crippen molar-refractivity contribution in [1.29, 1.82) is 0 Å². The highest BCUT2D eigenvalue weighted by molar-refractivity contribution is 7.52. The van der Waals surface area contributed by atoms with Crippen molar-refractivity contribution in [3.8, 4) is 11.1 Å². The van der Waals surface area contributed by atoms with Gasteiger partial charge in [0.05, 0.1) is 11.8 Å². The second kappa shape index (κ2) is 10.1. The highest BCUT2D eigenvalue weighted by atomic mass is 31.2. The minimum atomic E-state index is -4.42. The number of rotatable bonds is 9. The van der Waals surface area contributed by atoms with E-state index in [1.807, 2.05) is 60.7 Å². The molecular formula is C24H25N4O3P. The zero-order chi connectivity index (χ0) is 22.4. The van der Waals surface area contributed by atoms with Gasteiger partial charge in [0.1, 0.15) is 12.3 Å². The molecular weight excluding hydrogens is 423 g/mol. The summed E-state index contributed by atoms with van der Waals surface area (Å²) in [4.78, 5) is 20.0. The van der Waals surface area contributed by atoms with Crippen LogP contribution >= 0.6 is 7.60 Å². The summed E-state index contributed by atoms with van der Waals surface area (Å²) in [5.41, 5.74) is 4.79. The van der Waals surface area contributed by atoms with E-state index < -0.39 is 19.4 Å². The SMILES string of the molecule is O=P(O)(O)C(Cc1ccccc1)N[C@@H](Cc1ccc(-c2ccccc2)cc1)C1=NN=NC1. The van der Waals surface area contributed by atoms with E-state index >= 15 is 0 Å². The first-order valence-electron chi connectivity index (χ1n) is 10.4. The van der Waals surface area contributed by atoms with Gasteiger partial charge in [0.2, 0.25) is 0 Å². The number of benzene rings is 3. The molecule has 1 aliphatic rings. The zero-order valence-corrected chi connectivity index (χ0v) is 18.3. The van der Waals surface area contributed by atoms with E-state index in [1.54, 1.807) is 0 Å². The summed E-state index contributed by atoms with van der Waals surface area (Å²) >= 11 is 0. The minimum Gasteiger partial charge on any atom is -0.323 e. The summed E-state index contributed by atoms with van der Waals surface area (Å²) in [6, 6.07) is 27.2. The quantitative estimate of drug-likeness (QED) is 0.421. The topological polar surface area (TPSA) is 107 Å². The first-order chi connectivity index (χ1) is 15.5. The fourth-order valence-electron chi connectivity index (χ4n) is 3.72. The molecule has 0 fully saturated rings. The molecule has 3 aromatic carbocycles. The van der Waals surface area contributed by atoms with Crippen LogP contribution in [0.15, 0.2) is 100 Å². The standard InChI is InChI=1S/C24H25N4O3P/c29-32(30,31)24(16-18-7-3-1-4-8-18)26-22(23-17-25-28-27-23)15-19-11-13-21(14-12-19)20-9-5-2-6-10-20/h1-14,22,24,26H,15-17H2,(H2,29,30,31)/t22-,24?/m0/s1. The van der Waals surface area contributed by atoms with E-state index in [0.29, 0.717) is 18.7 Å². The minimum absolute atomic E-state index is 0.204. The van der Waals surface area contributed by atoms with Crippen LogP contribution in [0, 0.1) is 0 Å². The van der Waals surface area contributed by atoms with Gasteiger partial charge in [-0.25, -0.2) is 0 Å². The third-order valence-corrected chi connectivity index (χ3v) is 6.59. The molecule has 1 aliphatic heterocycles. The van der Waals surface area contributed by atoms with Crippen LogP contribution in [0.1, 0.15) is 11.1 Å². The predicted molar refractivity (Wildman–Crippen MR) is 126 cm³/mol. The Kier molecular flexibility index (Phi) is 7.02. The van der Waals surface area contributed by atoms with Crippen molar-refractivity contribution in [2.24, 2.45) is 15.4 Å². The van der Waals surface area contributed by atoms with Crippen molar-refractivity contribution in [2.45, 2.75) is 24.7 Å². The van der Waals surface area contributed by atoms with Gasteiger partial charge < -0.3 is 9.79 Å². The van der Waals surface area contributed by atoms with Crippen molar-refractivity contribution >= 4 is 13.3 Å². The second-order valence-corrected chi connectivity index (χ2v) is 9.56. The fraction of sp³-hybridized carbons (Fsp3) is 0.208. The molecule has 0 aromatic heterocycles. The van der Waals surface area contributed by atoms with Crippen molar-refractivity contribution in [3.63, 3.8) is 0 Å². The van der Waals surface area contributed by atoms with Gasteiger partial charge >= 0.3 is 7.60 Å². The van der Waals surface area contributed by atoms with Crippen LogP contribution in [0.5, 0.6) is 0 Å². The Balaban J connectivity index is 1.53. The lowest BCUT2D eigenvalue weighted by atomic mass is 9.98. The molecule has 3 aromatic rings. The van der Waals surface area contributed by atoms with Crippen molar-refractivity contribution < 1.29 is 14.4 Å². The first-order valence-corrected chi connectivity index (χ1v) is 12.1. The number of hydrogen-bond acceptors (Lipinski definition) is 5. The molecule has 1 heterocycles. The zero-order valence-electron chi connectivity index (χ0n) is 17.5. The largest absolute Gasteiger partial charge is 0.342 e. The summed E-state index contributed by atoms with van der Waals surface area (Å²) < 4.78 is 12.3. The van der Waals surface area contributed by atoms with E-state index in [4.69, 9.17) is 0 Å². The molecule has 4 rings (SSSR count). The Morgan fingerprint density at radius 3 is 2.00 bits per heavy atom. The van der Waals surface area contributed by atoms with Gasteiger partial charge in [-0.3, -0.25) is 9.88 Å². The Bertz CT molecular complexity index is 1130. The van der Waals surface area contributed by atoms with Crippen LogP contribution in [-0.4, -0.2) is 33.9 Å². The lowest BCUT2D eigenvalue weighted by Gasteiger charge is -2.26. The van der Waals surface area contributed by atoms with Gasteiger partial charge in [0.25, 0.3) is 0 Å². The van der Waals surface area contributed by atoms with Crippen LogP contribution in [0.4, 0.5) is 0 Å². The fourth-order valence-corrected chi connectivity index (χ4v) is 4.54. The summed E-state index contributed by atoms with van der Waals surface area (Å²) in [7, 11) is -4.42. The molecule has 3 N–H and O–H groups in total. The van der Waals surface area contributed by atoms with Gasteiger partial charge in [-0.2, -0.15) is 5.11 Å². The monoisotopic (exact) mass is 448 g/mol. The van der Waals surface area contributed by atoms with Gasteiger partial charge in [-0.1, -0.05) is 84.9 Å². The highest BCUT2D eigenvalue weighted by Crippen LogP contribution is 2.41. The van der Waals surface area contributed by atoms with Crippen LogP contribution < -0.4 is 5.32 Å². The normalized spacial score (nSPS) is 15.4. The number of nitrogens with one attached hydrogen (secondary N) is 1. The molecule has 0 saturated carbocycles. The van der Waals surface area contributed by atoms with Crippen LogP contribution in [-0.2, 0) is 17.4 Å². The molecule has 1 unspecified atom stereocenters. The Morgan fingerprint density at radius 2 is 1.41 bits per heavy atom. The molecule has 0 bridgehead atoms. The molecule has 0 radical (unpaired) electrons. The Hall–Kier alpha value is -2.96. The third kappa shape index (κ3) is 5.84. The van der Waals surface area contributed by atoms with Crippen LogP contribution in [0.3, 0.4) is 0 Å². The summed E-state index contributed by atoms with van der Waals surface area (Å²) in [5, 5.41) is 14.9. The second-order valence-electron chi connectivity index (χ2n) is 7.76. The van der Waals surface area contributed by atoms with Crippen LogP contribution in [0.25, 0.3) is 11.1 Å². The highest BCUT2D eigenvalue weighted by Gasteiger charge is 2.33. The summed E-state index contributed by atoms with van der Waals surface area (Å²) in [5.74, 6) is -1.04. The maximum atomic E-state index is 12.3. The Labute approximate surface area is 187 Å². The maximum Gasteiger partial charge on any atom is 0.342 e. The van der Waals surface area contributed by atoms with Gasteiger partial charge in [0.15, 0.2) is 0 Å². The molecule has 164 valence electrons. The van der Waals surface area contributed by atoms with E-state index in [0.717, 1.165) is 22.3 Å². The molecule has 0 aliphatic carbocycles. The van der Waals surface area contributed by atoms with Crippen molar-refractivity contribution in [2.75, 3.05) is 6.54 Å². The number of hydrogen-bond donors (Lipinski definition) is 3. The van der Waals surface area contributed by atoms with Gasteiger partial charge in [-0.15, -0.1) is 5.10 Å². The molecule has 7 nitrogen and oxygen atoms in total. The lowest BCUT2D eigenvalue weighted by molar-refractivity contribution is 0.341. The molecule has 0 amide bonds. The molecule has 8 heteroatoms. The summed E-state index contributed by atoms with van der Waals surface area (Å²) in [6.45, 7) is 0.318. The maximum absolute atomic E-state index is 12.3. The van der Waals surface area contributed by atoms with E-state index in [9.17, 15) is 14.4 Å². The average molecular weight is 448 g/mol. The third-order valence-electron chi connectivity index (χ3n) is 5.44. The van der Waals surface area contributed by atoms with Crippen molar-refractivity contribution in [1.82, 2.24) is 5.32 Å². The van der Waals surface area contributed by atoms with Gasteiger partial charge in [-0.05, 0) is 40.3 Å². The first kappa shape index (κ1) is 22.2. The van der Waals surface area contributed by atoms with E-state index in [-0.39, 0.29) is 6.42 Å². The molecule has 2 atom stereocenters. The Morgan fingerprint density at radius 1 is 0.812 bits per heavy atom. The smallest absolute Gasteiger partial charge is 0.323 e. The average Bonchev–Trinajstić information content (AvgIpc) is 3.34. The molecule has 0 saturated heterocycles. The molecule has 0 spiro atoms. The summed E-state index contributed by atoms with van der Waals surface area (Å²) in [6.07, 6.45) is 0.723. The lowest BCUT2D eigenvalue weighted by Crippen LogP contribution is -2.46. The van der Waals surface area contributed by atoms with E-state index in [1.165, 1.54) is 0 Å².